The Kier molecular flexibility index (Phi) is 4.10. The molecule has 2 atom stereocenters. The summed E-state index contributed by atoms with van der Waals surface area (Å²) in [4.78, 5) is 23.2. The van der Waals surface area contributed by atoms with Crippen LogP contribution in [-0.2, 0) is 9.53 Å². The number of hydrogen-bond donors (Lipinski definition) is 0. The minimum Gasteiger partial charge on any atom is -0.489 e. The zero-order chi connectivity index (χ0) is 14.0. The van der Waals surface area contributed by atoms with Gasteiger partial charge in [0, 0.05) is 5.56 Å². The van der Waals surface area contributed by atoms with E-state index >= 15 is 0 Å². The second kappa shape index (κ2) is 5.61. The normalized spacial score (nSPS) is 20.8. The van der Waals surface area contributed by atoms with Crippen molar-refractivity contribution in [2.24, 2.45) is 5.92 Å². The topological polar surface area (TPSA) is 52.6 Å². The fraction of sp³-hybridized carbons (Fsp3) is 0.429. The molecule has 4 nitrogen and oxygen atoms in total. The number of carbonyl (C=O) groups is 2. The lowest BCUT2D eigenvalue weighted by atomic mass is 10.1. The monoisotopic (exact) mass is 282 g/mol. The lowest BCUT2D eigenvalue weighted by Gasteiger charge is -2.09. The number of ether oxygens (including phenoxy) is 2. The fourth-order valence-corrected chi connectivity index (χ4v) is 1.83. The molecule has 0 aromatic heterocycles. The number of hydrogen-bond acceptors (Lipinski definition) is 4. The zero-order valence-corrected chi connectivity index (χ0v) is 11.6. The average molecular weight is 283 g/mol. The van der Waals surface area contributed by atoms with Crippen LogP contribution in [0.15, 0.2) is 18.2 Å². The molecular formula is C14H15ClO4. The Labute approximate surface area is 116 Å². The van der Waals surface area contributed by atoms with Gasteiger partial charge in [-0.15, -0.1) is 0 Å². The van der Waals surface area contributed by atoms with E-state index in [0.29, 0.717) is 16.7 Å². The standard InChI is InChI=1S/C14H15ClO4/c1-3-18-14(17)13(16)9-4-5-10(15)12(7-9)19-11-6-8(11)2/h4-5,7-8,11H,3,6H2,1-2H3. The second-order valence-corrected chi connectivity index (χ2v) is 4.97. The summed E-state index contributed by atoms with van der Waals surface area (Å²) in [5.74, 6) is -0.616. The summed E-state index contributed by atoms with van der Waals surface area (Å²) in [6, 6.07) is 4.54. The Balaban J connectivity index is 2.15. The maximum absolute atomic E-state index is 11.8. The van der Waals surface area contributed by atoms with Crippen molar-refractivity contribution in [3.63, 3.8) is 0 Å². The van der Waals surface area contributed by atoms with Crippen molar-refractivity contribution < 1.29 is 19.1 Å². The van der Waals surface area contributed by atoms with E-state index in [1.54, 1.807) is 13.0 Å². The van der Waals surface area contributed by atoms with Gasteiger partial charge < -0.3 is 9.47 Å². The number of halogens is 1. The van der Waals surface area contributed by atoms with Crippen LogP contribution in [0.25, 0.3) is 0 Å². The predicted octanol–water partition coefficient (Wildman–Crippen LogP) is 2.87. The van der Waals surface area contributed by atoms with Gasteiger partial charge in [-0.05, 0) is 37.5 Å². The molecule has 1 saturated carbocycles. The summed E-state index contributed by atoms with van der Waals surface area (Å²) in [5, 5.41) is 0.430. The predicted molar refractivity (Wildman–Crippen MR) is 70.6 cm³/mol. The molecule has 102 valence electrons. The first-order valence-electron chi connectivity index (χ1n) is 6.20. The second-order valence-electron chi connectivity index (χ2n) is 4.56. The van der Waals surface area contributed by atoms with Gasteiger partial charge in [-0.3, -0.25) is 4.79 Å². The molecule has 1 fully saturated rings. The molecule has 1 aliphatic rings. The Morgan fingerprint density at radius 2 is 2.11 bits per heavy atom. The highest BCUT2D eigenvalue weighted by Gasteiger charge is 2.35. The highest BCUT2D eigenvalue weighted by atomic mass is 35.5. The van der Waals surface area contributed by atoms with Gasteiger partial charge in [0.2, 0.25) is 0 Å². The van der Waals surface area contributed by atoms with Crippen LogP contribution in [0.3, 0.4) is 0 Å². The molecule has 0 spiro atoms. The maximum atomic E-state index is 11.8. The molecule has 1 aromatic carbocycles. The van der Waals surface area contributed by atoms with Crippen molar-refractivity contribution in [3.05, 3.63) is 28.8 Å². The first-order valence-corrected chi connectivity index (χ1v) is 6.58. The Morgan fingerprint density at radius 1 is 1.42 bits per heavy atom. The molecule has 0 N–H and O–H groups in total. The highest BCUT2D eigenvalue weighted by molar-refractivity contribution is 6.41. The zero-order valence-electron chi connectivity index (χ0n) is 10.8. The van der Waals surface area contributed by atoms with E-state index < -0.39 is 11.8 Å². The van der Waals surface area contributed by atoms with E-state index in [4.69, 9.17) is 16.3 Å². The van der Waals surface area contributed by atoms with Crippen LogP contribution in [-0.4, -0.2) is 24.5 Å². The minimum absolute atomic E-state index is 0.144. The summed E-state index contributed by atoms with van der Waals surface area (Å²) < 4.78 is 10.3. The van der Waals surface area contributed by atoms with Gasteiger partial charge in [-0.2, -0.15) is 0 Å². The third-order valence-electron chi connectivity index (χ3n) is 2.97. The van der Waals surface area contributed by atoms with Gasteiger partial charge in [-0.25, -0.2) is 4.79 Å². The van der Waals surface area contributed by atoms with Gasteiger partial charge in [0.25, 0.3) is 5.78 Å². The average Bonchev–Trinajstić information content (AvgIpc) is 3.07. The molecule has 0 aliphatic heterocycles. The molecule has 0 saturated heterocycles. The van der Waals surface area contributed by atoms with Crippen LogP contribution in [0.1, 0.15) is 30.6 Å². The van der Waals surface area contributed by atoms with Crippen LogP contribution >= 0.6 is 11.6 Å². The first-order chi connectivity index (χ1) is 9.02. The summed E-state index contributed by atoms with van der Waals surface area (Å²) in [6.45, 7) is 3.89. The Morgan fingerprint density at radius 3 is 2.68 bits per heavy atom. The smallest absolute Gasteiger partial charge is 0.379 e. The molecule has 5 heteroatoms. The Bertz CT molecular complexity index is 512. The number of ketones is 1. The van der Waals surface area contributed by atoms with Crippen molar-refractivity contribution in [1.29, 1.82) is 0 Å². The van der Waals surface area contributed by atoms with Crippen molar-refractivity contribution in [2.45, 2.75) is 26.4 Å². The molecule has 0 radical (unpaired) electrons. The molecule has 1 aliphatic carbocycles. The van der Waals surface area contributed by atoms with Crippen LogP contribution < -0.4 is 4.74 Å². The summed E-state index contributed by atoms with van der Waals surface area (Å²) in [6.07, 6.45) is 1.12. The molecule has 2 unspecified atom stereocenters. The van der Waals surface area contributed by atoms with Crippen LogP contribution in [0.5, 0.6) is 5.75 Å². The van der Waals surface area contributed by atoms with E-state index in [9.17, 15) is 9.59 Å². The lowest BCUT2D eigenvalue weighted by molar-refractivity contribution is -0.137. The van der Waals surface area contributed by atoms with Gasteiger partial charge in [0.05, 0.1) is 11.6 Å². The van der Waals surface area contributed by atoms with E-state index in [2.05, 4.69) is 11.7 Å². The number of rotatable bonds is 5. The SMILES string of the molecule is CCOC(=O)C(=O)c1ccc(Cl)c(OC2CC2C)c1. The van der Waals surface area contributed by atoms with Crippen molar-refractivity contribution >= 4 is 23.4 Å². The summed E-state index contributed by atoms with van der Waals surface area (Å²) in [7, 11) is 0. The molecule has 19 heavy (non-hydrogen) atoms. The van der Waals surface area contributed by atoms with E-state index in [0.717, 1.165) is 6.42 Å². The Hall–Kier alpha value is -1.55. The summed E-state index contributed by atoms with van der Waals surface area (Å²) >= 11 is 6.01. The van der Waals surface area contributed by atoms with E-state index in [1.807, 2.05) is 0 Å². The van der Waals surface area contributed by atoms with Crippen molar-refractivity contribution in [3.8, 4) is 5.75 Å². The maximum Gasteiger partial charge on any atom is 0.379 e. The van der Waals surface area contributed by atoms with Crippen molar-refractivity contribution in [2.75, 3.05) is 6.61 Å². The van der Waals surface area contributed by atoms with Crippen LogP contribution in [0.4, 0.5) is 0 Å². The fourth-order valence-electron chi connectivity index (χ4n) is 1.66. The number of carbonyl (C=O) groups excluding carboxylic acids is 2. The third-order valence-corrected chi connectivity index (χ3v) is 3.28. The van der Waals surface area contributed by atoms with E-state index in [1.165, 1.54) is 12.1 Å². The first kappa shape index (κ1) is 13.9. The minimum atomic E-state index is -0.865. The van der Waals surface area contributed by atoms with Gasteiger partial charge in [0.15, 0.2) is 0 Å². The molecular weight excluding hydrogens is 268 g/mol. The van der Waals surface area contributed by atoms with E-state index in [-0.39, 0.29) is 18.3 Å². The molecule has 0 bridgehead atoms. The van der Waals surface area contributed by atoms with Gasteiger partial charge in [0.1, 0.15) is 11.9 Å². The molecule has 0 amide bonds. The van der Waals surface area contributed by atoms with Crippen LogP contribution in [0.2, 0.25) is 5.02 Å². The summed E-state index contributed by atoms with van der Waals surface area (Å²) in [5.41, 5.74) is 0.228. The van der Waals surface area contributed by atoms with Crippen LogP contribution in [0, 0.1) is 5.92 Å². The molecule has 1 aromatic rings. The largest absolute Gasteiger partial charge is 0.489 e. The molecule has 0 heterocycles. The highest BCUT2D eigenvalue weighted by Crippen LogP contribution is 2.37. The number of Topliss-reactive ketones (excluding diaryl/α,β-unsaturated/α-hetero) is 1. The third kappa shape index (κ3) is 3.26. The van der Waals surface area contributed by atoms with Gasteiger partial charge in [-0.1, -0.05) is 18.5 Å². The number of esters is 1. The number of benzene rings is 1. The molecule has 2 rings (SSSR count). The lowest BCUT2D eigenvalue weighted by Crippen LogP contribution is -2.17. The quantitative estimate of drug-likeness (QED) is 0.473. The van der Waals surface area contributed by atoms with Crippen molar-refractivity contribution in [1.82, 2.24) is 0 Å². The van der Waals surface area contributed by atoms with Gasteiger partial charge >= 0.3 is 5.97 Å².